The van der Waals surface area contributed by atoms with Crippen LogP contribution in [0.4, 0.5) is 0 Å². The average molecular weight is 331 g/mol. The van der Waals surface area contributed by atoms with Gasteiger partial charge in [-0.1, -0.05) is 78.9 Å². The molecule has 0 saturated carbocycles. The summed E-state index contributed by atoms with van der Waals surface area (Å²) in [6, 6.07) is 19.9. The maximum absolute atomic E-state index is 6.58. The molecule has 3 rings (SSSR count). The fourth-order valence-electron chi connectivity index (χ4n) is 2.93. The van der Waals surface area contributed by atoms with Crippen molar-refractivity contribution in [2.45, 2.75) is 31.0 Å². The topological polar surface area (TPSA) is 64.4 Å². The van der Waals surface area contributed by atoms with Gasteiger partial charge in [-0.25, -0.2) is 0 Å². The standard InChI is InChI=1S/C22H25N3/c1-22(24)14-12-19(13-15-22)21(20(23)18-10-6-3-7-11-18)25-16-17-8-4-2-5-9-17/h2-14,16,20-21H,15,23-24H2,1H3/b25-16+/t20?,21-,22?/m1/s1. The summed E-state index contributed by atoms with van der Waals surface area (Å²) in [6.07, 6.45) is 8.97. The third-order valence-corrected chi connectivity index (χ3v) is 4.48. The van der Waals surface area contributed by atoms with E-state index in [1.807, 2.05) is 67.7 Å². The lowest BCUT2D eigenvalue weighted by atomic mass is 9.86. The fraction of sp³-hybridized carbons (Fsp3) is 0.227. The highest BCUT2D eigenvalue weighted by atomic mass is 14.9. The van der Waals surface area contributed by atoms with Crippen molar-refractivity contribution in [1.29, 1.82) is 0 Å². The molecule has 2 unspecified atom stereocenters. The van der Waals surface area contributed by atoms with Crippen LogP contribution in [0.2, 0.25) is 0 Å². The molecule has 0 saturated heterocycles. The summed E-state index contributed by atoms with van der Waals surface area (Å²) in [7, 11) is 0. The van der Waals surface area contributed by atoms with E-state index in [2.05, 4.69) is 24.3 Å². The van der Waals surface area contributed by atoms with E-state index in [1.165, 1.54) is 0 Å². The molecule has 0 heterocycles. The fourth-order valence-corrected chi connectivity index (χ4v) is 2.93. The first kappa shape index (κ1) is 17.3. The summed E-state index contributed by atoms with van der Waals surface area (Å²) in [5.41, 5.74) is 15.7. The molecule has 0 amide bonds. The Labute approximate surface area is 149 Å². The van der Waals surface area contributed by atoms with E-state index in [0.29, 0.717) is 0 Å². The lowest BCUT2D eigenvalue weighted by molar-refractivity contribution is 0.566. The number of hydrogen-bond donors (Lipinski definition) is 2. The van der Waals surface area contributed by atoms with Crippen molar-refractivity contribution in [1.82, 2.24) is 0 Å². The van der Waals surface area contributed by atoms with Gasteiger partial charge in [-0.3, -0.25) is 4.99 Å². The molecule has 4 N–H and O–H groups in total. The first-order valence-electron chi connectivity index (χ1n) is 8.62. The quantitative estimate of drug-likeness (QED) is 0.819. The number of nitrogens with two attached hydrogens (primary N) is 2. The van der Waals surface area contributed by atoms with Gasteiger partial charge in [0.25, 0.3) is 0 Å². The van der Waals surface area contributed by atoms with E-state index >= 15 is 0 Å². The Balaban J connectivity index is 1.90. The SMILES string of the molecule is CC1(N)C=CC([C@@H](/N=C/c2ccccc2)C(N)c2ccccc2)=CC1. The van der Waals surface area contributed by atoms with Gasteiger partial charge in [0.1, 0.15) is 0 Å². The second-order valence-electron chi connectivity index (χ2n) is 6.82. The summed E-state index contributed by atoms with van der Waals surface area (Å²) >= 11 is 0. The third-order valence-electron chi connectivity index (χ3n) is 4.48. The van der Waals surface area contributed by atoms with Gasteiger partial charge in [0, 0.05) is 11.8 Å². The van der Waals surface area contributed by atoms with Crippen LogP contribution in [0, 0.1) is 0 Å². The molecule has 0 aliphatic heterocycles. The molecule has 25 heavy (non-hydrogen) atoms. The highest BCUT2D eigenvalue weighted by molar-refractivity contribution is 5.79. The largest absolute Gasteiger partial charge is 0.322 e. The molecule has 2 aromatic carbocycles. The van der Waals surface area contributed by atoms with Gasteiger partial charge in [0.15, 0.2) is 0 Å². The molecular formula is C22H25N3. The van der Waals surface area contributed by atoms with Crippen LogP contribution in [-0.2, 0) is 0 Å². The molecule has 0 radical (unpaired) electrons. The molecule has 1 aliphatic carbocycles. The molecule has 0 fully saturated rings. The van der Waals surface area contributed by atoms with E-state index in [4.69, 9.17) is 16.5 Å². The summed E-state index contributed by atoms with van der Waals surface area (Å²) in [5, 5.41) is 0. The second-order valence-corrected chi connectivity index (χ2v) is 6.82. The van der Waals surface area contributed by atoms with E-state index < -0.39 is 0 Å². The number of nitrogens with zero attached hydrogens (tertiary/aromatic N) is 1. The minimum Gasteiger partial charge on any atom is -0.322 e. The first-order chi connectivity index (χ1) is 12.1. The molecule has 3 heteroatoms. The predicted octanol–water partition coefficient (Wildman–Crippen LogP) is 3.78. The van der Waals surface area contributed by atoms with Crippen molar-refractivity contribution < 1.29 is 0 Å². The van der Waals surface area contributed by atoms with Crippen LogP contribution < -0.4 is 11.5 Å². The van der Waals surface area contributed by atoms with E-state index in [-0.39, 0.29) is 17.6 Å². The maximum atomic E-state index is 6.58. The van der Waals surface area contributed by atoms with Crippen molar-refractivity contribution >= 4 is 6.21 Å². The van der Waals surface area contributed by atoms with Gasteiger partial charge in [-0.05, 0) is 30.0 Å². The molecule has 2 aromatic rings. The van der Waals surface area contributed by atoms with Crippen molar-refractivity contribution in [3.05, 3.63) is 95.6 Å². The summed E-state index contributed by atoms with van der Waals surface area (Å²) < 4.78 is 0. The molecule has 0 bridgehead atoms. The highest BCUT2D eigenvalue weighted by Gasteiger charge is 2.25. The molecule has 3 nitrogen and oxygen atoms in total. The van der Waals surface area contributed by atoms with Gasteiger partial charge in [-0.15, -0.1) is 0 Å². The normalized spacial score (nSPS) is 22.6. The van der Waals surface area contributed by atoms with Gasteiger partial charge in [0.05, 0.1) is 12.1 Å². The number of rotatable bonds is 5. The van der Waals surface area contributed by atoms with Gasteiger partial charge < -0.3 is 11.5 Å². The van der Waals surface area contributed by atoms with Crippen LogP contribution in [0.5, 0.6) is 0 Å². The number of aliphatic imine (C=N–C) groups is 1. The molecule has 1 aliphatic rings. The van der Waals surface area contributed by atoms with E-state index in [1.54, 1.807) is 0 Å². The molecule has 3 atom stereocenters. The van der Waals surface area contributed by atoms with Crippen LogP contribution in [0.15, 0.2) is 89.5 Å². The predicted molar refractivity (Wildman–Crippen MR) is 106 cm³/mol. The molecule has 0 aromatic heterocycles. The van der Waals surface area contributed by atoms with Crippen LogP contribution in [0.3, 0.4) is 0 Å². The second kappa shape index (κ2) is 7.60. The van der Waals surface area contributed by atoms with Crippen molar-refractivity contribution in [3.8, 4) is 0 Å². The summed E-state index contributed by atoms with van der Waals surface area (Å²) in [4.78, 5) is 4.83. The Bertz CT molecular complexity index is 773. The zero-order valence-electron chi connectivity index (χ0n) is 14.5. The Kier molecular flexibility index (Phi) is 5.27. The maximum Gasteiger partial charge on any atom is 0.0938 e. The lowest BCUT2D eigenvalue weighted by Gasteiger charge is -2.28. The number of benzene rings is 2. The zero-order chi connectivity index (χ0) is 17.7. The molecule has 0 spiro atoms. The van der Waals surface area contributed by atoms with Gasteiger partial charge in [-0.2, -0.15) is 0 Å². The Morgan fingerprint density at radius 2 is 1.68 bits per heavy atom. The Morgan fingerprint density at radius 1 is 1.04 bits per heavy atom. The summed E-state index contributed by atoms with van der Waals surface area (Å²) in [6.45, 7) is 2.02. The monoisotopic (exact) mass is 331 g/mol. The average Bonchev–Trinajstić information content (AvgIpc) is 2.64. The smallest absolute Gasteiger partial charge is 0.0938 e. The van der Waals surface area contributed by atoms with Crippen LogP contribution >= 0.6 is 0 Å². The van der Waals surface area contributed by atoms with Gasteiger partial charge in [0.2, 0.25) is 0 Å². The number of hydrogen-bond acceptors (Lipinski definition) is 3. The molecule has 128 valence electrons. The molecular weight excluding hydrogens is 306 g/mol. The van der Waals surface area contributed by atoms with Crippen LogP contribution in [0.1, 0.15) is 30.5 Å². The zero-order valence-corrected chi connectivity index (χ0v) is 14.5. The van der Waals surface area contributed by atoms with Crippen molar-refractivity contribution in [2.75, 3.05) is 0 Å². The van der Waals surface area contributed by atoms with Crippen LogP contribution in [0.25, 0.3) is 0 Å². The first-order valence-corrected chi connectivity index (χ1v) is 8.62. The van der Waals surface area contributed by atoms with E-state index in [9.17, 15) is 0 Å². The Morgan fingerprint density at radius 3 is 2.28 bits per heavy atom. The van der Waals surface area contributed by atoms with Crippen molar-refractivity contribution in [2.24, 2.45) is 16.5 Å². The van der Waals surface area contributed by atoms with Gasteiger partial charge >= 0.3 is 0 Å². The summed E-state index contributed by atoms with van der Waals surface area (Å²) in [5.74, 6) is 0. The minimum absolute atomic E-state index is 0.144. The minimum atomic E-state index is -0.298. The highest BCUT2D eigenvalue weighted by Crippen LogP contribution is 2.28. The van der Waals surface area contributed by atoms with Crippen molar-refractivity contribution in [3.63, 3.8) is 0 Å². The van der Waals surface area contributed by atoms with Crippen LogP contribution in [-0.4, -0.2) is 17.8 Å². The third kappa shape index (κ3) is 4.53. The Hall–Kier alpha value is -2.49. The van der Waals surface area contributed by atoms with E-state index in [0.717, 1.165) is 23.1 Å². The lowest BCUT2D eigenvalue weighted by Crippen LogP contribution is -2.36.